The van der Waals surface area contributed by atoms with Gasteiger partial charge < -0.3 is 10.1 Å². The van der Waals surface area contributed by atoms with Crippen molar-refractivity contribution in [3.8, 4) is 0 Å². The zero-order valence-electron chi connectivity index (χ0n) is 20.2. The van der Waals surface area contributed by atoms with Gasteiger partial charge in [0.1, 0.15) is 17.9 Å². The third-order valence-electron chi connectivity index (χ3n) is 10.9. The van der Waals surface area contributed by atoms with E-state index in [0.29, 0.717) is 35.9 Å². The van der Waals surface area contributed by atoms with Crippen molar-refractivity contribution in [3.63, 3.8) is 0 Å². The number of nitrogens with one attached hydrogen (secondary N) is 1. The second-order valence-corrected chi connectivity index (χ2v) is 12.3. The van der Waals surface area contributed by atoms with Gasteiger partial charge in [-0.2, -0.15) is 0 Å². The van der Waals surface area contributed by atoms with Gasteiger partial charge in [0.2, 0.25) is 5.91 Å². The molecule has 0 bridgehead atoms. The lowest BCUT2D eigenvalue weighted by molar-refractivity contribution is -0.166. The van der Waals surface area contributed by atoms with Crippen LogP contribution in [0.25, 0.3) is 0 Å². The number of rotatable bonds is 3. The molecule has 4 saturated carbocycles. The highest BCUT2D eigenvalue weighted by Gasteiger charge is 2.61. The van der Waals surface area contributed by atoms with Crippen LogP contribution in [0.3, 0.4) is 0 Å². The number of fused-ring (bicyclic) bond motifs is 5. The van der Waals surface area contributed by atoms with E-state index in [1.807, 2.05) is 6.92 Å². The lowest BCUT2D eigenvalue weighted by atomic mass is 9.44. The molecule has 5 heteroatoms. The zero-order chi connectivity index (χ0) is 22.7. The summed E-state index contributed by atoms with van der Waals surface area (Å²) in [4.78, 5) is 36.7. The Bertz CT molecular complexity index is 795. The highest BCUT2D eigenvalue weighted by Crippen LogP contribution is 2.67. The molecule has 0 aromatic carbocycles. The van der Waals surface area contributed by atoms with Crippen molar-refractivity contribution in [2.45, 2.75) is 110 Å². The van der Waals surface area contributed by atoms with Gasteiger partial charge in [-0.05, 0) is 112 Å². The average Bonchev–Trinajstić information content (AvgIpc) is 3.11. The quantitative estimate of drug-likeness (QED) is 0.635. The van der Waals surface area contributed by atoms with Gasteiger partial charge in [0.05, 0.1) is 0 Å². The molecule has 1 unspecified atom stereocenters. The molecule has 4 aliphatic carbocycles. The van der Waals surface area contributed by atoms with E-state index in [1.165, 1.54) is 32.1 Å². The Hall–Kier alpha value is -1.39. The van der Waals surface area contributed by atoms with Crippen molar-refractivity contribution >= 4 is 17.7 Å². The first-order valence-corrected chi connectivity index (χ1v) is 13.2. The van der Waals surface area contributed by atoms with Crippen molar-refractivity contribution in [2.75, 3.05) is 0 Å². The highest BCUT2D eigenvalue weighted by molar-refractivity contribution is 5.85. The first kappa shape index (κ1) is 22.4. The van der Waals surface area contributed by atoms with Crippen molar-refractivity contribution < 1.29 is 19.1 Å². The van der Waals surface area contributed by atoms with Gasteiger partial charge in [-0.3, -0.25) is 9.59 Å². The molecule has 5 rings (SSSR count). The van der Waals surface area contributed by atoms with Crippen molar-refractivity contribution in [2.24, 2.45) is 40.4 Å². The summed E-state index contributed by atoms with van der Waals surface area (Å²) in [6.07, 6.45) is 12.3. The maximum absolute atomic E-state index is 12.7. The molecule has 9 atom stereocenters. The summed E-state index contributed by atoms with van der Waals surface area (Å²) >= 11 is 0. The molecule has 1 amide bonds. The largest absolute Gasteiger partial charge is 0.461 e. The molecule has 0 spiro atoms. The van der Waals surface area contributed by atoms with Crippen LogP contribution in [0.5, 0.6) is 0 Å². The van der Waals surface area contributed by atoms with E-state index in [9.17, 15) is 14.4 Å². The minimum absolute atomic E-state index is 0.00150. The molecule has 0 aromatic rings. The van der Waals surface area contributed by atoms with Gasteiger partial charge in [0.15, 0.2) is 0 Å². The van der Waals surface area contributed by atoms with Crippen LogP contribution in [0.1, 0.15) is 97.8 Å². The lowest BCUT2D eigenvalue weighted by Crippen LogP contribution is -2.54. The molecule has 5 aliphatic rings. The SMILES string of the molecule is CC(=O)[C@H]1CC[C@H]2[C@@H]3CC[C@@H]4C[C@H](OC(=O)C5CCCC(=O)N5)CC[C@]4(C)[C@H]3CC[C@]12C. The molecule has 5 nitrogen and oxygen atoms in total. The number of piperidine rings is 1. The first-order valence-electron chi connectivity index (χ1n) is 13.2. The number of ether oxygens (including phenoxy) is 1. The molecule has 1 aliphatic heterocycles. The molecule has 0 aromatic heterocycles. The van der Waals surface area contributed by atoms with E-state index in [4.69, 9.17) is 4.74 Å². The molecular weight excluding hydrogens is 402 g/mol. The maximum atomic E-state index is 12.7. The molecular formula is C27H41NO4. The fourth-order valence-electron chi connectivity index (χ4n) is 9.22. The summed E-state index contributed by atoms with van der Waals surface area (Å²) in [7, 11) is 0. The van der Waals surface area contributed by atoms with Crippen LogP contribution in [0.2, 0.25) is 0 Å². The predicted molar refractivity (Wildman–Crippen MR) is 122 cm³/mol. The normalized spacial score (nSPS) is 48.1. The topological polar surface area (TPSA) is 72.5 Å². The van der Waals surface area contributed by atoms with Crippen LogP contribution in [0, 0.1) is 40.4 Å². The number of amides is 1. The molecule has 1 saturated heterocycles. The summed E-state index contributed by atoms with van der Waals surface area (Å²) in [6, 6.07) is -0.451. The Morgan fingerprint density at radius 1 is 0.938 bits per heavy atom. The summed E-state index contributed by atoms with van der Waals surface area (Å²) < 4.78 is 5.94. The number of carbonyl (C=O) groups is 3. The minimum atomic E-state index is -0.451. The van der Waals surface area contributed by atoms with E-state index in [2.05, 4.69) is 19.2 Å². The van der Waals surface area contributed by atoms with Crippen molar-refractivity contribution in [1.82, 2.24) is 5.32 Å². The standard InChI is InChI=1S/C27H41NO4/c1-16(29)20-9-10-21-19-8-7-17-15-18(32-25(31)23-5-4-6-24(30)28-23)11-13-26(17,2)22(19)12-14-27(20,21)3/h17-23H,4-15H2,1-3H3,(H,28,30)/t17-,18-,19+,20-,21+,22+,23?,26+,27-/m1/s1. The summed E-state index contributed by atoms with van der Waals surface area (Å²) in [5, 5.41) is 2.81. The Balaban J connectivity index is 1.25. The summed E-state index contributed by atoms with van der Waals surface area (Å²) in [5.74, 6) is 3.25. The zero-order valence-corrected chi connectivity index (χ0v) is 20.2. The van der Waals surface area contributed by atoms with Crippen LogP contribution in [-0.2, 0) is 19.1 Å². The van der Waals surface area contributed by atoms with Crippen LogP contribution < -0.4 is 5.32 Å². The van der Waals surface area contributed by atoms with Crippen LogP contribution >= 0.6 is 0 Å². The van der Waals surface area contributed by atoms with Crippen LogP contribution in [-0.4, -0.2) is 29.8 Å². The highest BCUT2D eigenvalue weighted by atomic mass is 16.5. The summed E-state index contributed by atoms with van der Waals surface area (Å²) in [5.41, 5.74) is 0.549. The predicted octanol–water partition coefficient (Wildman–Crippen LogP) is 4.81. The number of carbonyl (C=O) groups excluding carboxylic acids is 3. The van der Waals surface area contributed by atoms with Gasteiger partial charge in [0.25, 0.3) is 0 Å². The van der Waals surface area contributed by atoms with Gasteiger partial charge in [-0.25, -0.2) is 4.79 Å². The Kier molecular flexibility index (Phi) is 5.69. The molecule has 5 fully saturated rings. The Morgan fingerprint density at radius 3 is 2.44 bits per heavy atom. The minimum Gasteiger partial charge on any atom is -0.461 e. The van der Waals surface area contributed by atoms with E-state index < -0.39 is 6.04 Å². The number of hydrogen-bond acceptors (Lipinski definition) is 4. The van der Waals surface area contributed by atoms with Gasteiger partial charge in [0, 0.05) is 12.3 Å². The first-order chi connectivity index (χ1) is 15.2. The van der Waals surface area contributed by atoms with Gasteiger partial charge >= 0.3 is 5.97 Å². The Morgan fingerprint density at radius 2 is 1.69 bits per heavy atom. The second kappa shape index (κ2) is 8.13. The molecule has 32 heavy (non-hydrogen) atoms. The fraction of sp³-hybridized carbons (Fsp3) is 0.889. The third-order valence-corrected chi connectivity index (χ3v) is 10.9. The molecule has 1 N–H and O–H groups in total. The number of ketones is 1. The van der Waals surface area contributed by atoms with Crippen molar-refractivity contribution in [3.05, 3.63) is 0 Å². The van der Waals surface area contributed by atoms with Gasteiger partial charge in [-0.1, -0.05) is 13.8 Å². The monoisotopic (exact) mass is 443 g/mol. The average molecular weight is 444 g/mol. The van der Waals surface area contributed by atoms with Crippen LogP contribution in [0.15, 0.2) is 0 Å². The van der Waals surface area contributed by atoms with Crippen molar-refractivity contribution in [1.29, 1.82) is 0 Å². The fourth-order valence-corrected chi connectivity index (χ4v) is 9.22. The number of Topliss-reactive ketones (excluding diaryl/α,β-unsaturated/α-hetero) is 1. The second-order valence-electron chi connectivity index (χ2n) is 12.3. The van der Waals surface area contributed by atoms with E-state index in [0.717, 1.165) is 43.9 Å². The van der Waals surface area contributed by atoms with Gasteiger partial charge in [-0.15, -0.1) is 0 Å². The number of esters is 1. The smallest absolute Gasteiger partial charge is 0.328 e. The lowest BCUT2D eigenvalue weighted by Gasteiger charge is -2.61. The molecule has 0 radical (unpaired) electrons. The van der Waals surface area contributed by atoms with E-state index in [-0.39, 0.29) is 29.3 Å². The molecule has 1 heterocycles. The van der Waals surface area contributed by atoms with E-state index >= 15 is 0 Å². The van der Waals surface area contributed by atoms with E-state index in [1.54, 1.807) is 0 Å². The third kappa shape index (κ3) is 3.53. The Labute approximate surface area is 192 Å². The number of hydrogen-bond donors (Lipinski definition) is 1. The van der Waals surface area contributed by atoms with Crippen LogP contribution in [0.4, 0.5) is 0 Å². The maximum Gasteiger partial charge on any atom is 0.328 e. The molecule has 178 valence electrons. The summed E-state index contributed by atoms with van der Waals surface area (Å²) in [6.45, 7) is 6.75.